The first-order valence-electron chi connectivity index (χ1n) is 5.55. The third kappa shape index (κ3) is 4.03. The number of nitrogens with one attached hydrogen (secondary N) is 1. The van der Waals surface area contributed by atoms with E-state index in [4.69, 9.17) is 4.74 Å². The fourth-order valence-electron chi connectivity index (χ4n) is 1.56. The SMILES string of the molecule is COCCC(C)Nc1cc(C)ccc1[N+](=O)[O-]. The van der Waals surface area contributed by atoms with Gasteiger partial charge in [-0.3, -0.25) is 10.1 Å². The number of hydrogen-bond acceptors (Lipinski definition) is 4. The number of hydrogen-bond donors (Lipinski definition) is 1. The van der Waals surface area contributed by atoms with Crippen LogP contribution in [0.1, 0.15) is 18.9 Å². The zero-order valence-corrected chi connectivity index (χ0v) is 10.4. The number of nitro benzene ring substituents is 1. The molecule has 0 aromatic heterocycles. The minimum Gasteiger partial charge on any atom is -0.385 e. The monoisotopic (exact) mass is 238 g/mol. The molecule has 1 N–H and O–H groups in total. The number of methoxy groups -OCH3 is 1. The maximum absolute atomic E-state index is 10.9. The number of aryl methyl sites for hydroxylation is 1. The van der Waals surface area contributed by atoms with Crippen molar-refractivity contribution in [3.63, 3.8) is 0 Å². The average Bonchev–Trinajstić information content (AvgIpc) is 2.26. The number of ether oxygens (including phenoxy) is 1. The Bertz CT molecular complexity index is 393. The third-order valence-electron chi connectivity index (χ3n) is 2.51. The van der Waals surface area contributed by atoms with E-state index in [2.05, 4.69) is 5.32 Å². The largest absolute Gasteiger partial charge is 0.385 e. The summed E-state index contributed by atoms with van der Waals surface area (Å²) >= 11 is 0. The van der Waals surface area contributed by atoms with E-state index < -0.39 is 0 Å². The van der Waals surface area contributed by atoms with Crippen LogP contribution in [0.25, 0.3) is 0 Å². The molecule has 1 unspecified atom stereocenters. The van der Waals surface area contributed by atoms with Gasteiger partial charge < -0.3 is 10.1 Å². The number of rotatable bonds is 6. The second-order valence-corrected chi connectivity index (χ2v) is 4.10. The molecule has 0 fully saturated rings. The lowest BCUT2D eigenvalue weighted by Gasteiger charge is -2.15. The number of nitro groups is 1. The number of nitrogens with zero attached hydrogens (tertiary/aromatic N) is 1. The van der Waals surface area contributed by atoms with E-state index in [1.54, 1.807) is 19.2 Å². The molecule has 17 heavy (non-hydrogen) atoms. The Labute approximate surface area is 101 Å². The topological polar surface area (TPSA) is 64.4 Å². The van der Waals surface area contributed by atoms with Crippen molar-refractivity contribution in [2.24, 2.45) is 0 Å². The van der Waals surface area contributed by atoms with Crippen molar-refractivity contribution in [2.75, 3.05) is 19.0 Å². The molecule has 0 spiro atoms. The summed E-state index contributed by atoms with van der Waals surface area (Å²) in [6.07, 6.45) is 0.807. The Balaban J connectivity index is 2.81. The molecular weight excluding hydrogens is 220 g/mol. The van der Waals surface area contributed by atoms with E-state index in [1.165, 1.54) is 6.07 Å². The molecule has 0 bridgehead atoms. The van der Waals surface area contributed by atoms with Crippen molar-refractivity contribution in [1.29, 1.82) is 0 Å². The van der Waals surface area contributed by atoms with Gasteiger partial charge in [0.2, 0.25) is 0 Å². The minimum absolute atomic E-state index is 0.111. The van der Waals surface area contributed by atoms with Gasteiger partial charge in [-0.25, -0.2) is 0 Å². The molecule has 0 saturated carbocycles. The second kappa shape index (κ2) is 6.20. The Kier molecular flexibility index (Phi) is 4.90. The molecule has 0 radical (unpaired) electrons. The van der Waals surface area contributed by atoms with E-state index in [1.807, 2.05) is 13.8 Å². The Morgan fingerprint density at radius 1 is 1.53 bits per heavy atom. The Morgan fingerprint density at radius 2 is 2.24 bits per heavy atom. The molecular formula is C12H18N2O3. The molecule has 0 aliphatic rings. The second-order valence-electron chi connectivity index (χ2n) is 4.10. The molecule has 1 atom stereocenters. The van der Waals surface area contributed by atoms with Crippen LogP contribution in [-0.2, 0) is 4.74 Å². The average molecular weight is 238 g/mol. The van der Waals surface area contributed by atoms with Gasteiger partial charge in [0.1, 0.15) is 5.69 Å². The minimum atomic E-state index is -0.370. The summed E-state index contributed by atoms with van der Waals surface area (Å²) < 4.78 is 4.98. The summed E-state index contributed by atoms with van der Waals surface area (Å²) in [5, 5.41) is 14.0. The molecule has 1 rings (SSSR count). The van der Waals surface area contributed by atoms with Crippen LogP contribution in [0.4, 0.5) is 11.4 Å². The van der Waals surface area contributed by atoms with Crippen LogP contribution in [0, 0.1) is 17.0 Å². The van der Waals surface area contributed by atoms with Gasteiger partial charge in [-0.15, -0.1) is 0 Å². The van der Waals surface area contributed by atoms with E-state index in [-0.39, 0.29) is 16.7 Å². The molecule has 0 amide bonds. The molecule has 1 aromatic carbocycles. The third-order valence-corrected chi connectivity index (χ3v) is 2.51. The van der Waals surface area contributed by atoms with E-state index in [0.29, 0.717) is 12.3 Å². The highest BCUT2D eigenvalue weighted by atomic mass is 16.6. The Hall–Kier alpha value is -1.62. The van der Waals surface area contributed by atoms with Gasteiger partial charge in [-0.2, -0.15) is 0 Å². The van der Waals surface area contributed by atoms with Gasteiger partial charge in [0.25, 0.3) is 5.69 Å². The van der Waals surface area contributed by atoms with E-state index in [9.17, 15) is 10.1 Å². The zero-order chi connectivity index (χ0) is 12.8. The van der Waals surface area contributed by atoms with Crippen molar-refractivity contribution in [3.8, 4) is 0 Å². The molecule has 5 heteroatoms. The van der Waals surface area contributed by atoms with E-state index >= 15 is 0 Å². The van der Waals surface area contributed by atoms with Gasteiger partial charge in [0.05, 0.1) is 4.92 Å². The van der Waals surface area contributed by atoms with Crippen molar-refractivity contribution in [1.82, 2.24) is 0 Å². The molecule has 0 aliphatic carbocycles. The van der Waals surface area contributed by atoms with Gasteiger partial charge in [-0.1, -0.05) is 6.07 Å². The van der Waals surface area contributed by atoms with Crippen molar-refractivity contribution < 1.29 is 9.66 Å². The van der Waals surface area contributed by atoms with E-state index in [0.717, 1.165) is 12.0 Å². The molecule has 0 saturated heterocycles. The fraction of sp³-hybridized carbons (Fsp3) is 0.500. The fourth-order valence-corrected chi connectivity index (χ4v) is 1.56. The predicted octanol–water partition coefficient (Wildman–Crippen LogP) is 2.74. The standard InChI is InChI=1S/C12H18N2O3/c1-9-4-5-12(14(15)16)11(8-9)13-10(2)6-7-17-3/h4-5,8,10,13H,6-7H2,1-3H3. The molecule has 0 aliphatic heterocycles. The number of benzene rings is 1. The number of anilines is 1. The highest BCUT2D eigenvalue weighted by molar-refractivity contribution is 5.63. The highest BCUT2D eigenvalue weighted by Crippen LogP contribution is 2.26. The summed E-state index contributed by atoms with van der Waals surface area (Å²) in [5.74, 6) is 0. The van der Waals surface area contributed by atoms with Crippen LogP contribution in [0.3, 0.4) is 0 Å². The van der Waals surface area contributed by atoms with Crippen LogP contribution in [-0.4, -0.2) is 24.7 Å². The highest BCUT2D eigenvalue weighted by Gasteiger charge is 2.14. The van der Waals surface area contributed by atoms with Crippen LogP contribution in [0.5, 0.6) is 0 Å². The van der Waals surface area contributed by atoms with Gasteiger partial charge in [-0.05, 0) is 31.9 Å². The lowest BCUT2D eigenvalue weighted by molar-refractivity contribution is -0.384. The molecule has 1 aromatic rings. The molecule has 5 nitrogen and oxygen atoms in total. The van der Waals surface area contributed by atoms with Crippen LogP contribution in [0.2, 0.25) is 0 Å². The summed E-state index contributed by atoms with van der Waals surface area (Å²) in [6, 6.07) is 5.20. The summed E-state index contributed by atoms with van der Waals surface area (Å²) in [6.45, 7) is 4.52. The van der Waals surface area contributed by atoms with Crippen LogP contribution in [0.15, 0.2) is 18.2 Å². The van der Waals surface area contributed by atoms with Crippen molar-refractivity contribution >= 4 is 11.4 Å². The quantitative estimate of drug-likeness (QED) is 0.611. The summed E-state index contributed by atoms with van der Waals surface area (Å²) in [7, 11) is 1.64. The maximum Gasteiger partial charge on any atom is 0.292 e. The van der Waals surface area contributed by atoms with Gasteiger partial charge >= 0.3 is 0 Å². The Morgan fingerprint density at radius 3 is 2.82 bits per heavy atom. The lowest BCUT2D eigenvalue weighted by Crippen LogP contribution is -2.18. The normalized spacial score (nSPS) is 12.2. The van der Waals surface area contributed by atoms with Gasteiger partial charge in [0.15, 0.2) is 0 Å². The first-order valence-corrected chi connectivity index (χ1v) is 5.55. The van der Waals surface area contributed by atoms with Crippen molar-refractivity contribution in [3.05, 3.63) is 33.9 Å². The molecule has 94 valence electrons. The zero-order valence-electron chi connectivity index (χ0n) is 10.4. The van der Waals surface area contributed by atoms with Crippen LogP contribution >= 0.6 is 0 Å². The maximum atomic E-state index is 10.9. The molecule has 0 heterocycles. The predicted molar refractivity (Wildman–Crippen MR) is 67.4 cm³/mol. The lowest BCUT2D eigenvalue weighted by atomic mass is 10.1. The smallest absolute Gasteiger partial charge is 0.292 e. The first kappa shape index (κ1) is 13.4. The van der Waals surface area contributed by atoms with Crippen molar-refractivity contribution in [2.45, 2.75) is 26.3 Å². The summed E-state index contributed by atoms with van der Waals surface area (Å²) in [4.78, 5) is 10.5. The summed E-state index contributed by atoms with van der Waals surface area (Å²) in [5.41, 5.74) is 1.68. The first-order chi connectivity index (χ1) is 8.04. The van der Waals surface area contributed by atoms with Gasteiger partial charge in [0, 0.05) is 25.8 Å². The van der Waals surface area contributed by atoms with Crippen LogP contribution < -0.4 is 5.32 Å².